The second-order valence-electron chi connectivity index (χ2n) is 2.20. The van der Waals surface area contributed by atoms with E-state index >= 15 is 0 Å². The molecule has 0 nitrogen and oxygen atoms in total. The Morgan fingerprint density at radius 2 is 2.57 bits per heavy atom. The fourth-order valence-electron chi connectivity index (χ4n) is 0.700. The van der Waals surface area contributed by atoms with Gasteiger partial charge < -0.3 is 0 Å². The average Bonchev–Trinajstić information content (AvgIpc) is 1.91. The summed E-state index contributed by atoms with van der Waals surface area (Å²) in [7, 11) is 1.11. The highest BCUT2D eigenvalue weighted by molar-refractivity contribution is 7.42. The van der Waals surface area contributed by atoms with Gasteiger partial charge in [-0.2, -0.15) is 0 Å². The Labute approximate surface area is 46.8 Å². The molecular weight excluding hydrogens is 103 g/mol. The standard InChI is InChI=1S/C6H11P/c1-5-3-7-4-6(5)2/h3,6-7H,4H2,1-2H3. The third kappa shape index (κ3) is 1.04. The second-order valence-corrected chi connectivity index (χ2v) is 3.30. The molecule has 0 N–H and O–H groups in total. The molecule has 2 unspecified atom stereocenters. The Kier molecular flexibility index (Phi) is 1.49. The summed E-state index contributed by atoms with van der Waals surface area (Å²) in [4.78, 5) is 0. The molecule has 0 radical (unpaired) electrons. The van der Waals surface area contributed by atoms with Crippen LogP contribution in [0.4, 0.5) is 0 Å². The number of hydrogen-bond acceptors (Lipinski definition) is 0. The summed E-state index contributed by atoms with van der Waals surface area (Å²) in [5.74, 6) is 3.25. The lowest BCUT2D eigenvalue weighted by molar-refractivity contribution is 0.797. The minimum Gasteiger partial charge on any atom is -0.0979 e. The molecule has 0 bridgehead atoms. The minimum absolute atomic E-state index is 0.887. The maximum Gasteiger partial charge on any atom is -0.0191 e. The quantitative estimate of drug-likeness (QED) is 0.423. The molecule has 40 valence electrons. The van der Waals surface area contributed by atoms with Crippen LogP contribution in [0, 0.1) is 5.92 Å². The molecule has 0 saturated carbocycles. The van der Waals surface area contributed by atoms with Crippen molar-refractivity contribution in [3.05, 3.63) is 11.4 Å². The topological polar surface area (TPSA) is 0 Å². The monoisotopic (exact) mass is 114 g/mol. The molecule has 0 aromatic carbocycles. The van der Waals surface area contributed by atoms with Crippen LogP contribution in [0.15, 0.2) is 11.4 Å². The van der Waals surface area contributed by atoms with Crippen molar-refractivity contribution in [2.45, 2.75) is 13.8 Å². The SMILES string of the molecule is CC1=CPCC1C. The molecule has 7 heavy (non-hydrogen) atoms. The van der Waals surface area contributed by atoms with Gasteiger partial charge in [0, 0.05) is 0 Å². The van der Waals surface area contributed by atoms with Crippen LogP contribution in [0.25, 0.3) is 0 Å². The molecule has 1 aliphatic rings. The van der Waals surface area contributed by atoms with Crippen molar-refractivity contribution >= 4 is 8.58 Å². The van der Waals surface area contributed by atoms with E-state index in [0.717, 1.165) is 14.5 Å². The number of rotatable bonds is 0. The van der Waals surface area contributed by atoms with Gasteiger partial charge in [-0.15, -0.1) is 0 Å². The molecule has 0 amide bonds. The van der Waals surface area contributed by atoms with Crippen LogP contribution in [-0.4, -0.2) is 6.16 Å². The molecule has 1 heteroatoms. The van der Waals surface area contributed by atoms with E-state index in [9.17, 15) is 0 Å². The molecule has 1 heterocycles. The van der Waals surface area contributed by atoms with Gasteiger partial charge >= 0.3 is 0 Å². The first kappa shape index (κ1) is 5.31. The van der Waals surface area contributed by atoms with Crippen LogP contribution in [0.3, 0.4) is 0 Å². The first-order valence-electron chi connectivity index (χ1n) is 2.71. The first-order valence-corrected chi connectivity index (χ1v) is 3.99. The van der Waals surface area contributed by atoms with Crippen LogP contribution in [0.5, 0.6) is 0 Å². The van der Waals surface area contributed by atoms with E-state index < -0.39 is 0 Å². The van der Waals surface area contributed by atoms with E-state index in [1.807, 2.05) is 0 Å². The van der Waals surface area contributed by atoms with Crippen molar-refractivity contribution in [2.24, 2.45) is 5.92 Å². The van der Waals surface area contributed by atoms with Crippen LogP contribution in [0.2, 0.25) is 0 Å². The molecular formula is C6H11P. The van der Waals surface area contributed by atoms with E-state index in [0.29, 0.717) is 0 Å². The van der Waals surface area contributed by atoms with Crippen LogP contribution in [-0.2, 0) is 0 Å². The predicted molar refractivity (Wildman–Crippen MR) is 36.1 cm³/mol. The maximum atomic E-state index is 2.37. The number of hydrogen-bond donors (Lipinski definition) is 0. The summed E-state index contributed by atoms with van der Waals surface area (Å²) in [5.41, 5.74) is 1.60. The summed E-state index contributed by atoms with van der Waals surface area (Å²) >= 11 is 0. The van der Waals surface area contributed by atoms with Gasteiger partial charge in [0.2, 0.25) is 0 Å². The van der Waals surface area contributed by atoms with E-state index in [4.69, 9.17) is 0 Å². The molecule has 2 atom stereocenters. The van der Waals surface area contributed by atoms with E-state index in [-0.39, 0.29) is 0 Å². The molecule has 1 aliphatic heterocycles. The fraction of sp³-hybridized carbons (Fsp3) is 0.667. The summed E-state index contributed by atoms with van der Waals surface area (Å²) < 4.78 is 0. The zero-order valence-corrected chi connectivity index (χ0v) is 5.86. The molecule has 0 aliphatic carbocycles. The summed E-state index contributed by atoms with van der Waals surface area (Å²) in [6, 6.07) is 0. The van der Waals surface area contributed by atoms with Crippen molar-refractivity contribution in [3.63, 3.8) is 0 Å². The van der Waals surface area contributed by atoms with Gasteiger partial charge in [0.05, 0.1) is 0 Å². The summed E-state index contributed by atoms with van der Waals surface area (Å²) in [5, 5.41) is 0. The Bertz CT molecular complexity index is 94.4. The molecule has 0 aromatic rings. The van der Waals surface area contributed by atoms with Crippen molar-refractivity contribution in [1.82, 2.24) is 0 Å². The molecule has 1 rings (SSSR count). The maximum absolute atomic E-state index is 2.37. The fourth-order valence-corrected chi connectivity index (χ4v) is 2.10. The smallest absolute Gasteiger partial charge is 0.0191 e. The second kappa shape index (κ2) is 1.96. The van der Waals surface area contributed by atoms with Crippen LogP contribution < -0.4 is 0 Å². The first-order chi connectivity index (χ1) is 3.30. The summed E-state index contributed by atoms with van der Waals surface area (Å²) in [6.07, 6.45) is 1.41. The minimum atomic E-state index is 0.887. The molecule has 0 saturated heterocycles. The third-order valence-electron chi connectivity index (χ3n) is 1.53. The Morgan fingerprint density at radius 1 is 1.86 bits per heavy atom. The lowest BCUT2D eigenvalue weighted by Gasteiger charge is -1.98. The molecule has 0 fully saturated rings. The largest absolute Gasteiger partial charge is 0.0979 e. The Balaban J connectivity index is 2.54. The van der Waals surface area contributed by atoms with Crippen molar-refractivity contribution < 1.29 is 0 Å². The van der Waals surface area contributed by atoms with E-state index in [1.54, 1.807) is 5.57 Å². The third-order valence-corrected chi connectivity index (χ3v) is 3.04. The zero-order valence-electron chi connectivity index (χ0n) is 4.86. The van der Waals surface area contributed by atoms with Crippen LogP contribution >= 0.6 is 8.58 Å². The highest BCUT2D eigenvalue weighted by atomic mass is 31.1. The van der Waals surface area contributed by atoms with Gasteiger partial charge in [0.15, 0.2) is 0 Å². The van der Waals surface area contributed by atoms with E-state index in [1.165, 1.54) is 6.16 Å². The van der Waals surface area contributed by atoms with Crippen LogP contribution in [0.1, 0.15) is 13.8 Å². The molecule has 0 aromatic heterocycles. The highest BCUT2D eigenvalue weighted by Crippen LogP contribution is 2.31. The van der Waals surface area contributed by atoms with Crippen molar-refractivity contribution in [2.75, 3.05) is 6.16 Å². The predicted octanol–water partition coefficient (Wildman–Crippen LogP) is 2.22. The highest BCUT2D eigenvalue weighted by Gasteiger charge is 2.07. The van der Waals surface area contributed by atoms with Gasteiger partial charge in [-0.1, -0.05) is 26.9 Å². The zero-order chi connectivity index (χ0) is 5.28. The summed E-state index contributed by atoms with van der Waals surface area (Å²) in [6.45, 7) is 4.52. The van der Waals surface area contributed by atoms with Gasteiger partial charge in [-0.25, -0.2) is 0 Å². The van der Waals surface area contributed by atoms with Crippen molar-refractivity contribution in [1.29, 1.82) is 0 Å². The van der Waals surface area contributed by atoms with E-state index in [2.05, 4.69) is 19.7 Å². The lowest BCUT2D eigenvalue weighted by Crippen LogP contribution is -1.90. The Hall–Kier alpha value is 0.170. The van der Waals surface area contributed by atoms with Gasteiger partial charge in [-0.3, -0.25) is 0 Å². The number of allylic oxidation sites excluding steroid dienone is 1. The average molecular weight is 114 g/mol. The molecule has 0 spiro atoms. The van der Waals surface area contributed by atoms with Gasteiger partial charge in [0.1, 0.15) is 0 Å². The lowest BCUT2D eigenvalue weighted by atomic mass is 10.1. The van der Waals surface area contributed by atoms with Crippen molar-refractivity contribution in [3.8, 4) is 0 Å². The van der Waals surface area contributed by atoms with Gasteiger partial charge in [0.25, 0.3) is 0 Å². The normalized spacial score (nSPS) is 34.0. The Morgan fingerprint density at radius 3 is 2.71 bits per heavy atom. The van der Waals surface area contributed by atoms with Gasteiger partial charge in [-0.05, 0) is 19.0 Å².